The first kappa shape index (κ1) is 13.2. The van der Waals surface area contributed by atoms with E-state index in [0.717, 1.165) is 30.2 Å². The molecule has 3 nitrogen and oxygen atoms in total. The molecule has 0 spiro atoms. The molecular weight excluding hydrogens is 248 g/mol. The second-order valence-electron chi connectivity index (χ2n) is 4.62. The first-order chi connectivity index (χ1) is 8.69. The topological polar surface area (TPSA) is 47.3 Å². The first-order valence-corrected chi connectivity index (χ1v) is 6.56. The smallest absolute Gasteiger partial charge is 0.0922 e. The Morgan fingerprint density at radius 2 is 2.17 bits per heavy atom. The molecule has 0 bridgehead atoms. The standard InChI is InChI=1S/C14H19ClN2O/c1-18-13(11-3-5-12(15)6-4-11)7-2-10-8-14(16)17-9-10/h3-6,8,10,13,17H,2,7,9,16H2,1H3/t10-,13+/m0/s1. The number of ether oxygens (including phenoxy) is 1. The third-order valence-electron chi connectivity index (χ3n) is 3.31. The zero-order chi connectivity index (χ0) is 13.0. The van der Waals surface area contributed by atoms with Crippen molar-refractivity contribution in [1.29, 1.82) is 0 Å². The Bertz CT molecular complexity index is 416. The van der Waals surface area contributed by atoms with Crippen LogP contribution in [0, 0.1) is 5.92 Å². The normalized spacial score (nSPS) is 20.3. The zero-order valence-electron chi connectivity index (χ0n) is 10.5. The van der Waals surface area contributed by atoms with E-state index >= 15 is 0 Å². The lowest BCUT2D eigenvalue weighted by molar-refractivity contribution is 0.0912. The molecule has 0 saturated heterocycles. The quantitative estimate of drug-likeness (QED) is 0.862. The van der Waals surface area contributed by atoms with E-state index in [9.17, 15) is 0 Å². The Labute approximate surface area is 113 Å². The summed E-state index contributed by atoms with van der Waals surface area (Å²) in [5.41, 5.74) is 6.87. The molecule has 1 aromatic carbocycles. The highest BCUT2D eigenvalue weighted by atomic mass is 35.5. The molecular formula is C14H19ClN2O. The second-order valence-corrected chi connectivity index (χ2v) is 5.05. The van der Waals surface area contributed by atoms with Gasteiger partial charge in [0.05, 0.1) is 11.9 Å². The summed E-state index contributed by atoms with van der Waals surface area (Å²) in [4.78, 5) is 0. The molecule has 1 aliphatic rings. The van der Waals surface area contributed by atoms with E-state index in [-0.39, 0.29) is 6.10 Å². The average molecular weight is 267 g/mol. The van der Waals surface area contributed by atoms with Crippen molar-refractivity contribution >= 4 is 11.6 Å². The van der Waals surface area contributed by atoms with E-state index in [4.69, 9.17) is 22.1 Å². The molecule has 4 heteroatoms. The lowest BCUT2D eigenvalue weighted by Crippen LogP contribution is -2.16. The molecule has 0 aliphatic carbocycles. The predicted octanol–water partition coefficient (Wildman–Crippen LogP) is 2.83. The molecule has 0 aromatic heterocycles. The monoisotopic (exact) mass is 266 g/mol. The molecule has 0 radical (unpaired) electrons. The van der Waals surface area contributed by atoms with Crippen LogP contribution in [0.4, 0.5) is 0 Å². The number of halogens is 1. The lowest BCUT2D eigenvalue weighted by atomic mass is 9.98. The molecule has 0 fully saturated rings. The minimum atomic E-state index is 0.123. The van der Waals surface area contributed by atoms with Gasteiger partial charge in [-0.25, -0.2) is 0 Å². The minimum Gasteiger partial charge on any atom is -0.386 e. The van der Waals surface area contributed by atoms with Crippen LogP contribution >= 0.6 is 11.6 Å². The van der Waals surface area contributed by atoms with Crippen LogP contribution in [-0.2, 0) is 4.74 Å². The number of hydrogen-bond donors (Lipinski definition) is 2. The molecule has 98 valence electrons. The van der Waals surface area contributed by atoms with Gasteiger partial charge < -0.3 is 15.8 Å². The van der Waals surface area contributed by atoms with Gasteiger partial charge in [-0.2, -0.15) is 0 Å². The fourth-order valence-electron chi connectivity index (χ4n) is 2.27. The first-order valence-electron chi connectivity index (χ1n) is 6.18. The van der Waals surface area contributed by atoms with Crippen molar-refractivity contribution in [3.05, 3.63) is 46.7 Å². The predicted molar refractivity (Wildman–Crippen MR) is 74.2 cm³/mol. The third-order valence-corrected chi connectivity index (χ3v) is 3.56. The average Bonchev–Trinajstić information content (AvgIpc) is 2.78. The van der Waals surface area contributed by atoms with E-state index in [2.05, 4.69) is 11.4 Å². The summed E-state index contributed by atoms with van der Waals surface area (Å²) in [6.45, 7) is 0.933. The van der Waals surface area contributed by atoms with Crippen LogP contribution in [0.15, 0.2) is 36.2 Å². The minimum absolute atomic E-state index is 0.123. The van der Waals surface area contributed by atoms with Gasteiger partial charge in [-0.3, -0.25) is 0 Å². The third kappa shape index (κ3) is 3.40. The molecule has 0 amide bonds. The zero-order valence-corrected chi connectivity index (χ0v) is 11.3. The van der Waals surface area contributed by atoms with Gasteiger partial charge in [-0.1, -0.05) is 23.7 Å². The maximum Gasteiger partial charge on any atom is 0.0922 e. The summed E-state index contributed by atoms with van der Waals surface area (Å²) in [7, 11) is 1.75. The van der Waals surface area contributed by atoms with E-state index in [1.165, 1.54) is 5.56 Å². The highest BCUT2D eigenvalue weighted by Crippen LogP contribution is 2.26. The van der Waals surface area contributed by atoms with Crippen molar-refractivity contribution in [3.63, 3.8) is 0 Å². The van der Waals surface area contributed by atoms with Gasteiger partial charge in [0.1, 0.15) is 0 Å². The molecule has 2 atom stereocenters. The number of methoxy groups -OCH3 is 1. The van der Waals surface area contributed by atoms with Crippen molar-refractivity contribution in [2.45, 2.75) is 18.9 Å². The van der Waals surface area contributed by atoms with Crippen molar-refractivity contribution < 1.29 is 4.74 Å². The second kappa shape index (κ2) is 6.12. The van der Waals surface area contributed by atoms with Crippen molar-refractivity contribution in [1.82, 2.24) is 5.32 Å². The highest BCUT2D eigenvalue weighted by molar-refractivity contribution is 6.30. The van der Waals surface area contributed by atoms with Crippen molar-refractivity contribution in [2.24, 2.45) is 11.7 Å². The van der Waals surface area contributed by atoms with Gasteiger partial charge in [0.2, 0.25) is 0 Å². The van der Waals surface area contributed by atoms with Gasteiger partial charge in [-0.05, 0) is 42.5 Å². The van der Waals surface area contributed by atoms with Crippen molar-refractivity contribution in [3.8, 4) is 0 Å². The number of hydrogen-bond acceptors (Lipinski definition) is 3. The number of rotatable bonds is 5. The van der Waals surface area contributed by atoms with E-state index in [0.29, 0.717) is 5.92 Å². The van der Waals surface area contributed by atoms with Crippen molar-refractivity contribution in [2.75, 3.05) is 13.7 Å². The number of benzene rings is 1. The van der Waals surface area contributed by atoms with Gasteiger partial charge >= 0.3 is 0 Å². The van der Waals surface area contributed by atoms with Crippen LogP contribution in [0.2, 0.25) is 5.02 Å². The Kier molecular flexibility index (Phi) is 4.50. The summed E-state index contributed by atoms with van der Waals surface area (Å²) in [5.74, 6) is 1.30. The maximum atomic E-state index is 5.89. The van der Waals surface area contributed by atoms with Gasteiger partial charge in [0.25, 0.3) is 0 Å². The van der Waals surface area contributed by atoms with E-state index in [1.807, 2.05) is 24.3 Å². The largest absolute Gasteiger partial charge is 0.386 e. The Balaban J connectivity index is 1.91. The fraction of sp³-hybridized carbons (Fsp3) is 0.429. The number of nitrogens with two attached hydrogens (primary N) is 1. The van der Waals surface area contributed by atoms with Gasteiger partial charge in [0.15, 0.2) is 0 Å². The highest BCUT2D eigenvalue weighted by Gasteiger charge is 2.17. The molecule has 3 N–H and O–H groups in total. The van der Waals surface area contributed by atoms with Crippen LogP contribution in [-0.4, -0.2) is 13.7 Å². The van der Waals surface area contributed by atoms with Crippen LogP contribution < -0.4 is 11.1 Å². The Hall–Kier alpha value is -1.19. The fourth-order valence-corrected chi connectivity index (χ4v) is 2.40. The molecule has 18 heavy (non-hydrogen) atoms. The summed E-state index contributed by atoms with van der Waals surface area (Å²) in [6.07, 6.45) is 4.26. The van der Waals surface area contributed by atoms with Crippen LogP contribution in [0.5, 0.6) is 0 Å². The maximum absolute atomic E-state index is 5.89. The molecule has 0 unspecified atom stereocenters. The molecule has 1 aromatic rings. The van der Waals surface area contributed by atoms with Crippen LogP contribution in [0.1, 0.15) is 24.5 Å². The Morgan fingerprint density at radius 1 is 1.44 bits per heavy atom. The summed E-state index contributed by atoms with van der Waals surface area (Å²) in [5, 5.41) is 3.89. The lowest BCUT2D eigenvalue weighted by Gasteiger charge is -2.17. The van der Waals surface area contributed by atoms with Crippen LogP contribution in [0.3, 0.4) is 0 Å². The SMILES string of the molecule is CO[C@H](CC[C@H]1C=C(N)NC1)c1ccc(Cl)cc1. The van der Waals surface area contributed by atoms with E-state index < -0.39 is 0 Å². The molecule has 1 aliphatic heterocycles. The van der Waals surface area contributed by atoms with Crippen LogP contribution in [0.25, 0.3) is 0 Å². The summed E-state index contributed by atoms with van der Waals surface area (Å²) >= 11 is 5.89. The van der Waals surface area contributed by atoms with E-state index in [1.54, 1.807) is 7.11 Å². The molecule has 2 rings (SSSR count). The molecule has 1 heterocycles. The Morgan fingerprint density at radius 3 is 2.72 bits per heavy atom. The van der Waals surface area contributed by atoms with Gasteiger partial charge in [-0.15, -0.1) is 0 Å². The summed E-state index contributed by atoms with van der Waals surface area (Å²) < 4.78 is 5.55. The molecule has 0 saturated carbocycles. The van der Waals surface area contributed by atoms with Gasteiger partial charge in [0, 0.05) is 18.7 Å². The summed E-state index contributed by atoms with van der Waals surface area (Å²) in [6, 6.07) is 7.84. The number of nitrogens with one attached hydrogen (secondary N) is 1.